The number of thioether (sulfide) groups is 1. The first kappa shape index (κ1) is 19.7. The third-order valence-corrected chi connectivity index (χ3v) is 6.10. The number of ether oxygens (including phenoxy) is 1. The van der Waals surface area contributed by atoms with Crippen molar-refractivity contribution in [3.63, 3.8) is 0 Å². The minimum atomic E-state index is -4.14. The largest absolute Gasteiger partial charge is 0.493 e. The van der Waals surface area contributed by atoms with Crippen molar-refractivity contribution in [3.8, 4) is 11.5 Å². The quantitative estimate of drug-likeness (QED) is 0.431. The monoisotopic (exact) mass is 441 g/mol. The molecule has 1 fully saturated rings. The molecule has 2 aromatic rings. The highest BCUT2D eigenvalue weighted by Crippen LogP contribution is 2.37. The number of benzene rings is 2. The first-order valence-electron chi connectivity index (χ1n) is 7.42. The van der Waals surface area contributed by atoms with E-state index >= 15 is 0 Å². The molecule has 0 radical (unpaired) electrons. The van der Waals surface area contributed by atoms with Crippen molar-refractivity contribution >= 4 is 62.0 Å². The smallest absolute Gasteiger partial charge is 0.339 e. The number of thiocarbonyl (C=S) groups is 1. The van der Waals surface area contributed by atoms with E-state index in [0.29, 0.717) is 19.8 Å². The molecule has 3 rings (SSSR count). The molecular formula is C17H12ClNO5S3. The Balaban J connectivity index is 2.04. The lowest BCUT2D eigenvalue weighted by Gasteiger charge is -2.13. The number of halogens is 1. The fourth-order valence-electron chi connectivity index (χ4n) is 2.22. The summed E-state index contributed by atoms with van der Waals surface area (Å²) in [5.41, 5.74) is 0.356. The fraction of sp³-hybridized carbons (Fsp3) is 0.0588. The van der Waals surface area contributed by atoms with Crippen molar-refractivity contribution in [3.05, 3.63) is 58.0 Å². The Morgan fingerprint density at radius 1 is 1.19 bits per heavy atom. The molecule has 1 N–H and O–H groups in total. The normalized spacial score (nSPS) is 15.7. The number of carbonyl (C=O) groups excluding carboxylic acids is 1. The van der Waals surface area contributed by atoms with E-state index in [-0.39, 0.29) is 22.3 Å². The summed E-state index contributed by atoms with van der Waals surface area (Å²) >= 11 is 11.8. The second-order valence-electron chi connectivity index (χ2n) is 5.22. The molecule has 0 atom stereocenters. The lowest BCUT2D eigenvalue weighted by molar-refractivity contribution is -0.115. The third kappa shape index (κ3) is 4.44. The summed E-state index contributed by atoms with van der Waals surface area (Å²) < 4.78 is 36.2. The molecular weight excluding hydrogens is 430 g/mol. The van der Waals surface area contributed by atoms with Gasteiger partial charge in [-0.15, -0.1) is 0 Å². The maximum atomic E-state index is 12.6. The predicted octanol–water partition coefficient (Wildman–Crippen LogP) is 3.61. The van der Waals surface area contributed by atoms with Crippen LogP contribution in [-0.2, 0) is 14.9 Å². The zero-order valence-electron chi connectivity index (χ0n) is 13.8. The van der Waals surface area contributed by atoms with Crippen LogP contribution >= 0.6 is 35.6 Å². The number of hydrogen-bond acceptors (Lipinski definition) is 7. The van der Waals surface area contributed by atoms with E-state index in [2.05, 4.69) is 5.32 Å². The van der Waals surface area contributed by atoms with Gasteiger partial charge in [-0.2, -0.15) is 8.42 Å². The van der Waals surface area contributed by atoms with Gasteiger partial charge in [0, 0.05) is 10.6 Å². The van der Waals surface area contributed by atoms with E-state index in [9.17, 15) is 13.2 Å². The maximum absolute atomic E-state index is 12.6. The van der Waals surface area contributed by atoms with E-state index in [1.165, 1.54) is 37.5 Å². The summed E-state index contributed by atoms with van der Waals surface area (Å²) in [5, 5.41) is 2.90. The number of nitrogens with one attached hydrogen (secondary N) is 1. The third-order valence-electron chi connectivity index (χ3n) is 3.45. The van der Waals surface area contributed by atoms with Crippen LogP contribution in [0.2, 0.25) is 5.02 Å². The van der Waals surface area contributed by atoms with Crippen LogP contribution in [0.1, 0.15) is 5.56 Å². The highest BCUT2D eigenvalue weighted by atomic mass is 35.5. The van der Waals surface area contributed by atoms with Crippen LogP contribution in [0.3, 0.4) is 0 Å². The van der Waals surface area contributed by atoms with Gasteiger partial charge in [-0.05, 0) is 36.4 Å². The Labute approximate surface area is 170 Å². The van der Waals surface area contributed by atoms with Crippen molar-refractivity contribution in [1.29, 1.82) is 0 Å². The first-order chi connectivity index (χ1) is 12.8. The van der Waals surface area contributed by atoms with Crippen LogP contribution in [0, 0.1) is 0 Å². The van der Waals surface area contributed by atoms with Gasteiger partial charge in [0.1, 0.15) is 9.22 Å². The van der Waals surface area contributed by atoms with Gasteiger partial charge in [-0.1, -0.05) is 47.7 Å². The molecule has 1 saturated heterocycles. The summed E-state index contributed by atoms with van der Waals surface area (Å²) in [6.07, 6.45) is 1.49. The van der Waals surface area contributed by atoms with Gasteiger partial charge in [0.15, 0.2) is 11.5 Å². The van der Waals surface area contributed by atoms with Crippen LogP contribution < -0.4 is 14.2 Å². The van der Waals surface area contributed by atoms with E-state index in [1.54, 1.807) is 18.2 Å². The molecule has 140 valence electrons. The highest BCUT2D eigenvalue weighted by molar-refractivity contribution is 8.26. The predicted molar refractivity (Wildman–Crippen MR) is 109 cm³/mol. The Kier molecular flexibility index (Phi) is 5.75. The van der Waals surface area contributed by atoms with Crippen molar-refractivity contribution in [2.24, 2.45) is 0 Å². The number of para-hydroxylation sites is 1. The molecule has 0 spiro atoms. The number of rotatable bonds is 5. The van der Waals surface area contributed by atoms with Gasteiger partial charge in [-0.3, -0.25) is 4.79 Å². The minimum absolute atomic E-state index is 0.0336. The van der Waals surface area contributed by atoms with Gasteiger partial charge >= 0.3 is 10.1 Å². The maximum Gasteiger partial charge on any atom is 0.339 e. The first-order valence-corrected chi connectivity index (χ1v) is 10.4. The molecule has 10 heteroatoms. The molecule has 0 unspecified atom stereocenters. The van der Waals surface area contributed by atoms with Crippen molar-refractivity contribution in [2.75, 3.05) is 7.11 Å². The molecule has 2 aromatic carbocycles. The summed E-state index contributed by atoms with van der Waals surface area (Å²) in [4.78, 5) is 12.2. The van der Waals surface area contributed by atoms with Crippen molar-refractivity contribution < 1.29 is 22.1 Å². The summed E-state index contributed by atoms with van der Waals surface area (Å²) in [7, 11) is -2.76. The standard InChI is InChI=1S/C17H12ClNO5S3/c1-23-13-4-2-3-10(9-14-16(20)19-17(25)26-14)15(13)24-27(21,22)12-7-5-11(18)6-8-12/h2-9H,1H3,(H,19,20,25)/b14-9-. The van der Waals surface area contributed by atoms with Gasteiger partial charge < -0.3 is 14.2 Å². The topological polar surface area (TPSA) is 81.7 Å². The molecule has 0 bridgehead atoms. The summed E-state index contributed by atoms with van der Waals surface area (Å²) in [5.74, 6) is -0.194. The van der Waals surface area contributed by atoms with E-state index in [0.717, 1.165) is 11.8 Å². The van der Waals surface area contributed by atoms with Crippen LogP contribution in [0.15, 0.2) is 52.3 Å². The SMILES string of the molecule is COc1cccc(/C=C2\SC(=S)NC2=O)c1OS(=O)(=O)c1ccc(Cl)cc1. The fourth-order valence-corrected chi connectivity index (χ4v) is 4.34. The average Bonchev–Trinajstić information content (AvgIpc) is 2.93. The van der Waals surface area contributed by atoms with Crippen molar-refractivity contribution in [2.45, 2.75) is 4.90 Å². The molecule has 0 aromatic heterocycles. The molecule has 1 amide bonds. The number of carbonyl (C=O) groups is 1. The zero-order valence-corrected chi connectivity index (χ0v) is 17.0. The van der Waals surface area contributed by atoms with Crippen LogP contribution in [0.5, 0.6) is 11.5 Å². The lowest BCUT2D eigenvalue weighted by atomic mass is 10.1. The molecule has 1 heterocycles. The van der Waals surface area contributed by atoms with Gasteiger partial charge in [-0.25, -0.2) is 0 Å². The molecule has 0 saturated carbocycles. The second kappa shape index (κ2) is 7.89. The average molecular weight is 442 g/mol. The van der Waals surface area contributed by atoms with Gasteiger partial charge in [0.25, 0.3) is 5.91 Å². The van der Waals surface area contributed by atoms with Gasteiger partial charge in [0.2, 0.25) is 0 Å². The summed E-state index contributed by atoms with van der Waals surface area (Å²) in [6, 6.07) is 10.4. The van der Waals surface area contributed by atoms with Crippen LogP contribution in [0.4, 0.5) is 0 Å². The molecule has 27 heavy (non-hydrogen) atoms. The highest BCUT2D eigenvalue weighted by Gasteiger charge is 2.25. The van der Waals surface area contributed by atoms with Crippen LogP contribution in [0.25, 0.3) is 6.08 Å². The van der Waals surface area contributed by atoms with E-state index in [1.807, 2.05) is 0 Å². The minimum Gasteiger partial charge on any atom is -0.493 e. The Hall–Kier alpha value is -2.07. The molecule has 6 nitrogen and oxygen atoms in total. The number of hydrogen-bond donors (Lipinski definition) is 1. The molecule has 1 aliphatic rings. The van der Waals surface area contributed by atoms with E-state index < -0.39 is 10.1 Å². The van der Waals surface area contributed by atoms with Crippen LogP contribution in [-0.4, -0.2) is 25.8 Å². The lowest BCUT2D eigenvalue weighted by Crippen LogP contribution is -2.17. The van der Waals surface area contributed by atoms with Crippen molar-refractivity contribution in [1.82, 2.24) is 5.32 Å². The summed E-state index contributed by atoms with van der Waals surface area (Å²) in [6.45, 7) is 0. The zero-order chi connectivity index (χ0) is 19.6. The molecule has 1 aliphatic heterocycles. The number of amides is 1. The van der Waals surface area contributed by atoms with E-state index in [4.69, 9.17) is 32.7 Å². The Bertz CT molecular complexity index is 1050. The van der Waals surface area contributed by atoms with Gasteiger partial charge in [0.05, 0.1) is 12.0 Å². The molecule has 0 aliphatic carbocycles. The Morgan fingerprint density at radius 2 is 1.89 bits per heavy atom. The number of methoxy groups -OCH3 is 1. The Morgan fingerprint density at radius 3 is 2.48 bits per heavy atom. The second-order valence-corrected chi connectivity index (χ2v) is 8.92.